The fourth-order valence-corrected chi connectivity index (χ4v) is 4.93. The topological polar surface area (TPSA) is 103 Å². The number of hydrogen-bond donors (Lipinski definition) is 2. The first-order chi connectivity index (χ1) is 10.9. The van der Waals surface area contributed by atoms with Crippen LogP contribution in [-0.2, 0) is 10.0 Å². The van der Waals surface area contributed by atoms with Crippen molar-refractivity contribution in [2.24, 2.45) is 0 Å². The standard InChI is InChI=1S/C15H19N3O4S/c1-2-10-5-3-4-8-18(10)23(21,22)11-6-7-13-12(9-11)14(19)17-15(20)16-13/h6-7,9-10H,2-5,8H2,1H3,(H2,16,17,19,20). The fourth-order valence-electron chi connectivity index (χ4n) is 3.14. The van der Waals surface area contributed by atoms with Gasteiger partial charge in [-0.25, -0.2) is 13.2 Å². The minimum Gasteiger partial charge on any atom is -0.307 e. The first kappa shape index (κ1) is 15.9. The summed E-state index contributed by atoms with van der Waals surface area (Å²) < 4.78 is 27.4. The summed E-state index contributed by atoms with van der Waals surface area (Å²) in [5.74, 6) is 0. The lowest BCUT2D eigenvalue weighted by Crippen LogP contribution is -2.43. The molecular weight excluding hydrogens is 318 g/mol. The normalized spacial score (nSPS) is 20.0. The molecule has 1 aliphatic heterocycles. The van der Waals surface area contributed by atoms with Crippen LogP contribution in [0.5, 0.6) is 0 Å². The highest BCUT2D eigenvalue weighted by Gasteiger charge is 2.32. The Morgan fingerprint density at radius 2 is 2.00 bits per heavy atom. The Kier molecular flexibility index (Phi) is 4.11. The molecule has 3 rings (SSSR count). The van der Waals surface area contributed by atoms with E-state index in [0.717, 1.165) is 25.7 Å². The van der Waals surface area contributed by atoms with Gasteiger partial charge in [-0.15, -0.1) is 0 Å². The molecule has 0 spiro atoms. The van der Waals surface area contributed by atoms with Crippen LogP contribution >= 0.6 is 0 Å². The number of aromatic amines is 2. The van der Waals surface area contributed by atoms with Crippen LogP contribution in [0.3, 0.4) is 0 Å². The zero-order valence-electron chi connectivity index (χ0n) is 12.8. The Bertz CT molecular complexity index is 945. The second-order valence-corrected chi connectivity index (χ2v) is 7.68. The summed E-state index contributed by atoms with van der Waals surface area (Å²) in [5, 5.41) is 0.163. The highest BCUT2D eigenvalue weighted by molar-refractivity contribution is 7.89. The molecule has 2 heterocycles. The third-order valence-electron chi connectivity index (χ3n) is 4.36. The summed E-state index contributed by atoms with van der Waals surface area (Å²) in [6.07, 6.45) is 3.50. The minimum absolute atomic E-state index is 0.00156. The lowest BCUT2D eigenvalue weighted by atomic mass is 10.0. The van der Waals surface area contributed by atoms with Crippen LogP contribution in [0.1, 0.15) is 32.6 Å². The number of benzene rings is 1. The van der Waals surface area contributed by atoms with Gasteiger partial charge in [0, 0.05) is 12.6 Å². The lowest BCUT2D eigenvalue weighted by molar-refractivity contribution is 0.246. The zero-order chi connectivity index (χ0) is 16.6. The van der Waals surface area contributed by atoms with Crippen LogP contribution in [0.25, 0.3) is 10.9 Å². The van der Waals surface area contributed by atoms with Crippen LogP contribution in [-0.4, -0.2) is 35.3 Å². The van der Waals surface area contributed by atoms with Gasteiger partial charge in [0.1, 0.15) is 0 Å². The zero-order valence-corrected chi connectivity index (χ0v) is 13.6. The third-order valence-corrected chi connectivity index (χ3v) is 6.31. The Morgan fingerprint density at radius 1 is 1.22 bits per heavy atom. The average molecular weight is 337 g/mol. The molecule has 1 aliphatic rings. The van der Waals surface area contributed by atoms with Gasteiger partial charge in [0.15, 0.2) is 0 Å². The molecule has 1 saturated heterocycles. The predicted octanol–water partition coefficient (Wildman–Crippen LogP) is 1.17. The van der Waals surface area contributed by atoms with E-state index in [1.807, 2.05) is 6.92 Å². The number of aromatic nitrogens is 2. The first-order valence-corrected chi connectivity index (χ1v) is 9.15. The third kappa shape index (κ3) is 2.84. The molecule has 7 nitrogen and oxygen atoms in total. The molecule has 124 valence electrons. The second kappa shape index (κ2) is 5.93. The van der Waals surface area contributed by atoms with E-state index in [1.54, 1.807) is 0 Å². The van der Waals surface area contributed by atoms with Crippen LogP contribution in [0.2, 0.25) is 0 Å². The second-order valence-electron chi connectivity index (χ2n) is 5.79. The van der Waals surface area contributed by atoms with Crippen molar-refractivity contribution in [3.63, 3.8) is 0 Å². The average Bonchev–Trinajstić information content (AvgIpc) is 2.54. The van der Waals surface area contributed by atoms with E-state index in [-0.39, 0.29) is 16.3 Å². The molecule has 0 saturated carbocycles. The van der Waals surface area contributed by atoms with E-state index in [2.05, 4.69) is 9.97 Å². The molecule has 0 radical (unpaired) electrons. The summed E-state index contributed by atoms with van der Waals surface area (Å²) >= 11 is 0. The van der Waals surface area contributed by atoms with Crippen molar-refractivity contribution in [3.8, 4) is 0 Å². The lowest BCUT2D eigenvalue weighted by Gasteiger charge is -2.34. The van der Waals surface area contributed by atoms with E-state index < -0.39 is 21.3 Å². The summed E-state index contributed by atoms with van der Waals surface area (Å²) in [7, 11) is -3.65. The maximum absolute atomic E-state index is 12.9. The molecule has 0 bridgehead atoms. The summed E-state index contributed by atoms with van der Waals surface area (Å²) in [6, 6.07) is 4.23. The molecule has 2 N–H and O–H groups in total. The molecule has 1 aromatic heterocycles. The molecule has 1 fully saturated rings. The van der Waals surface area contributed by atoms with Gasteiger partial charge in [0.05, 0.1) is 15.8 Å². The first-order valence-electron chi connectivity index (χ1n) is 7.71. The molecule has 8 heteroatoms. The van der Waals surface area contributed by atoms with Crippen molar-refractivity contribution in [2.75, 3.05) is 6.54 Å². The van der Waals surface area contributed by atoms with Gasteiger partial charge >= 0.3 is 5.69 Å². The van der Waals surface area contributed by atoms with Crippen molar-refractivity contribution < 1.29 is 8.42 Å². The van der Waals surface area contributed by atoms with E-state index in [0.29, 0.717) is 12.1 Å². The smallest absolute Gasteiger partial charge is 0.307 e. The van der Waals surface area contributed by atoms with Gasteiger partial charge in [-0.05, 0) is 37.5 Å². The number of hydrogen-bond acceptors (Lipinski definition) is 4. The molecule has 23 heavy (non-hydrogen) atoms. The Labute approximate surface area is 133 Å². The van der Waals surface area contributed by atoms with E-state index in [9.17, 15) is 18.0 Å². The maximum atomic E-state index is 12.9. The Balaban J connectivity index is 2.11. The highest BCUT2D eigenvalue weighted by atomic mass is 32.2. The maximum Gasteiger partial charge on any atom is 0.326 e. The van der Waals surface area contributed by atoms with Crippen LogP contribution in [0, 0.1) is 0 Å². The molecule has 1 unspecified atom stereocenters. The highest BCUT2D eigenvalue weighted by Crippen LogP contribution is 2.27. The van der Waals surface area contributed by atoms with E-state index >= 15 is 0 Å². The van der Waals surface area contributed by atoms with Gasteiger partial charge < -0.3 is 4.98 Å². The van der Waals surface area contributed by atoms with E-state index in [4.69, 9.17) is 0 Å². The van der Waals surface area contributed by atoms with Crippen molar-refractivity contribution >= 4 is 20.9 Å². The van der Waals surface area contributed by atoms with Gasteiger partial charge in [0.2, 0.25) is 10.0 Å². The fraction of sp³-hybridized carbons (Fsp3) is 0.467. The number of H-pyrrole nitrogens is 2. The SMILES string of the molecule is CCC1CCCCN1S(=O)(=O)c1ccc2[nH]c(=O)[nH]c(=O)c2c1. The molecule has 1 atom stereocenters. The molecule has 1 aromatic carbocycles. The molecule has 0 aliphatic carbocycles. The van der Waals surface area contributed by atoms with Crippen LogP contribution < -0.4 is 11.2 Å². The number of fused-ring (bicyclic) bond motifs is 1. The quantitative estimate of drug-likeness (QED) is 0.877. The van der Waals surface area contributed by atoms with Crippen molar-refractivity contribution in [3.05, 3.63) is 39.0 Å². The summed E-state index contributed by atoms with van der Waals surface area (Å²) in [4.78, 5) is 27.9. The monoisotopic (exact) mass is 337 g/mol. The number of nitrogens with one attached hydrogen (secondary N) is 2. The Morgan fingerprint density at radius 3 is 2.74 bits per heavy atom. The largest absolute Gasteiger partial charge is 0.326 e. The predicted molar refractivity (Wildman–Crippen MR) is 87.0 cm³/mol. The van der Waals surface area contributed by atoms with Crippen molar-refractivity contribution in [2.45, 2.75) is 43.5 Å². The molecule has 0 amide bonds. The van der Waals surface area contributed by atoms with Crippen LogP contribution in [0.4, 0.5) is 0 Å². The van der Waals surface area contributed by atoms with Gasteiger partial charge in [0.25, 0.3) is 5.56 Å². The van der Waals surface area contributed by atoms with Gasteiger partial charge in [-0.1, -0.05) is 13.3 Å². The molecular formula is C15H19N3O4S. The number of rotatable bonds is 3. The summed E-state index contributed by atoms with van der Waals surface area (Å²) in [5.41, 5.74) is -0.880. The van der Waals surface area contributed by atoms with Crippen molar-refractivity contribution in [1.82, 2.24) is 14.3 Å². The van der Waals surface area contributed by atoms with E-state index in [1.165, 1.54) is 22.5 Å². The molecule has 2 aromatic rings. The van der Waals surface area contributed by atoms with Crippen molar-refractivity contribution in [1.29, 1.82) is 0 Å². The van der Waals surface area contributed by atoms with Gasteiger partial charge in [-0.2, -0.15) is 4.31 Å². The Hall–Kier alpha value is -1.93. The van der Waals surface area contributed by atoms with Gasteiger partial charge in [-0.3, -0.25) is 9.78 Å². The number of piperidine rings is 1. The summed E-state index contributed by atoms with van der Waals surface area (Å²) in [6.45, 7) is 2.48. The number of sulfonamides is 1. The van der Waals surface area contributed by atoms with Crippen LogP contribution in [0.15, 0.2) is 32.7 Å². The minimum atomic E-state index is -3.65. The number of nitrogens with zero attached hydrogens (tertiary/aromatic N) is 1.